The van der Waals surface area contributed by atoms with Crippen LogP contribution in [0.4, 0.5) is 70.0 Å². The quantitative estimate of drug-likeness (QED) is 0.0235. The minimum Gasteiger partial charge on any atom is -0.404 e. The molecule has 0 bridgehead atoms. The molecule has 6 aromatic carbocycles. The van der Waals surface area contributed by atoms with Crippen molar-refractivity contribution in [2.45, 2.75) is 13.1 Å². The van der Waals surface area contributed by atoms with E-state index in [-0.39, 0.29) is 49.9 Å². The van der Waals surface area contributed by atoms with Crippen LogP contribution >= 0.6 is 86.9 Å². The zero-order valence-electron chi connectivity index (χ0n) is 66.8. The average molecular weight is 2070 g/mol. The monoisotopic (exact) mass is 2060 g/mol. The van der Waals surface area contributed by atoms with Gasteiger partial charge in [0.1, 0.15) is 0 Å². The van der Waals surface area contributed by atoms with E-state index in [4.69, 9.17) is 34.7 Å². The van der Waals surface area contributed by atoms with Gasteiger partial charge in [-0.3, -0.25) is 86.3 Å². The average Bonchev–Trinajstić information content (AvgIpc) is 0.758. The molecule has 656 valence electrons. The standard InChI is InChI=1S/C92H57Br4Cl2F3N12O18/c1-36-18-61(94)67(20-60(36)93)109-32-55-81(121)41(6)83(123)57(90(55)130)35-113-71-24-64(97)70(23-65(71)98)112-34-56-82(122)40(5)78(118)51(89(56)129)28-106-46-13-15-47(16-14-46)107-29-58-84(124)42(7)85(125)72(91(58)131)73(103)43-8-17-66(59(19-43)92(99,100)101)108-30-53-79(119)38(3)76(116)49(87(53)127)26-104-44-9-11-45(12-10-44)105-27-50-77(117)39(4)80(120)54(88(50)128)33-111-69-22-62(95)68(21-63(69)96)110-31-52-75(115)37(2)74(114)48(25-102)86(52)126/h8-35,104-113H,2-7,102-103H2,1H3/b48-25+,49-26+,50-27-,51-28+,52-31-,53-30-,54-33+,55-32-,56-34-,57-35+,58-29-,73-72+. The fraction of sp³-hybridized carbons (Fsp3) is 0.0217. The van der Waals surface area contributed by atoms with E-state index in [1.807, 2.05) is 6.92 Å². The maximum Gasteiger partial charge on any atom is 0.418 e. The van der Waals surface area contributed by atoms with E-state index in [1.54, 1.807) is 12.1 Å². The fourth-order valence-electron chi connectivity index (χ4n) is 12.7. The molecule has 12 rings (SSSR count). The summed E-state index contributed by atoms with van der Waals surface area (Å²) in [4.78, 5) is 241. The summed E-state index contributed by atoms with van der Waals surface area (Å²) in [5, 5.41) is 27.0. The Bertz CT molecular complexity index is 6990. The van der Waals surface area contributed by atoms with Gasteiger partial charge in [0, 0.05) is 109 Å². The summed E-state index contributed by atoms with van der Waals surface area (Å²) < 4.78 is 47.2. The SMILES string of the molecule is C=C1C(=O)/C(=C/Nc2cc(Br)c(N/C=C3\C(=O)C(=C)C(=O)/C(=C/Nc4ccc(N/C=C5\C(=O)C(=C)C(=O)/C(=C/Nc6ccc(/C(N)=C7/C(=O)C(=C)C(=O)/C(=C/Nc8ccc(N/C=C9\C(=O)C(=C)C(=O)/C(=C/Nc%10cc(Cl)c(N/C=C%11\C(=O)C(=C)C(=O)/C(=C/Nc%12cc(Br)c(C)cc%12Br)C%11=O)cc%10Cl)C9=O)cc8)C7=O)cc6C(F)(F)F)C5=O)cc4)C3=O)cc2Br)C(=O)/C(=C/N)C1=O. The lowest BCUT2D eigenvalue weighted by Gasteiger charge is -2.20. The molecule has 6 fully saturated rings. The molecule has 6 aliphatic rings. The third kappa shape index (κ3) is 19.1. The summed E-state index contributed by atoms with van der Waals surface area (Å²) in [6.45, 7) is 22.9. The summed E-state index contributed by atoms with van der Waals surface area (Å²) in [6.07, 6.45) is 5.14. The highest BCUT2D eigenvalue weighted by molar-refractivity contribution is 9.11. The van der Waals surface area contributed by atoms with E-state index in [2.05, 4.69) is 156 Å². The number of hydrogen-bond acceptors (Lipinski definition) is 30. The molecule has 0 aromatic heterocycles. The Kier molecular flexibility index (Phi) is 27.7. The molecule has 0 heterocycles. The van der Waals surface area contributed by atoms with Gasteiger partial charge in [-0.15, -0.1) is 0 Å². The lowest BCUT2D eigenvalue weighted by molar-refractivity contribution is -0.137. The van der Waals surface area contributed by atoms with Crippen LogP contribution in [-0.4, -0.2) is 104 Å². The number of hydrogen-bond donors (Lipinski definition) is 12. The molecular weight excluding hydrogens is 2010 g/mol. The van der Waals surface area contributed by atoms with Crippen molar-refractivity contribution in [1.29, 1.82) is 0 Å². The van der Waals surface area contributed by atoms with Crippen molar-refractivity contribution in [2.75, 3.05) is 53.2 Å². The summed E-state index contributed by atoms with van der Waals surface area (Å²) in [5.41, 5.74) is 0.0434. The first-order valence-corrected chi connectivity index (χ1v) is 41.2. The lowest BCUT2D eigenvalue weighted by Crippen LogP contribution is -2.33. The van der Waals surface area contributed by atoms with E-state index in [0.29, 0.717) is 37.1 Å². The molecule has 39 heteroatoms. The van der Waals surface area contributed by atoms with Crippen LogP contribution < -0.4 is 64.6 Å². The number of Topliss-reactive ketones (excluding diaryl/α,β-unsaturated/α-hetero) is 18. The van der Waals surface area contributed by atoms with Gasteiger partial charge >= 0.3 is 6.18 Å². The molecule has 0 aliphatic heterocycles. The van der Waals surface area contributed by atoms with Crippen LogP contribution in [0.3, 0.4) is 0 Å². The Balaban J connectivity index is 0.673. The van der Waals surface area contributed by atoms with Crippen molar-refractivity contribution in [3.8, 4) is 0 Å². The van der Waals surface area contributed by atoms with Gasteiger partial charge in [0.25, 0.3) is 0 Å². The van der Waals surface area contributed by atoms with E-state index in [0.717, 1.165) is 84.2 Å². The number of benzene rings is 6. The summed E-state index contributed by atoms with van der Waals surface area (Å²) in [7, 11) is 0. The number of halogens is 9. The zero-order chi connectivity index (χ0) is 95.7. The number of carbonyl (C=O) groups is 18. The second kappa shape index (κ2) is 38.3. The van der Waals surface area contributed by atoms with Crippen molar-refractivity contribution in [2.24, 2.45) is 11.5 Å². The molecule has 131 heavy (non-hydrogen) atoms. The molecule has 0 spiro atoms. The number of carbonyl (C=O) groups excluding carboxylic acids is 18. The highest BCUT2D eigenvalue weighted by Crippen LogP contribution is 2.42. The van der Waals surface area contributed by atoms with Gasteiger partial charge in [-0.1, -0.05) is 84.7 Å². The Hall–Kier alpha value is -15.4. The largest absolute Gasteiger partial charge is 0.418 e. The third-order valence-corrected chi connectivity index (χ3v) is 23.5. The lowest BCUT2D eigenvalue weighted by atomic mass is 9.82. The molecule has 14 N–H and O–H groups in total. The molecule has 30 nitrogen and oxygen atoms in total. The maximum atomic E-state index is 15.1. The van der Waals surface area contributed by atoms with E-state index in [1.165, 1.54) is 72.8 Å². The van der Waals surface area contributed by atoms with Gasteiger partial charge in [-0.05, 0) is 163 Å². The van der Waals surface area contributed by atoms with Crippen molar-refractivity contribution in [3.05, 3.63) is 356 Å². The van der Waals surface area contributed by atoms with Crippen molar-refractivity contribution in [1.82, 2.24) is 0 Å². The first-order valence-electron chi connectivity index (χ1n) is 37.3. The van der Waals surface area contributed by atoms with Gasteiger partial charge in [-0.25, -0.2) is 0 Å². The predicted molar refractivity (Wildman–Crippen MR) is 495 cm³/mol. The highest BCUT2D eigenvalue weighted by Gasteiger charge is 2.45. The number of anilines is 10. The molecule has 0 unspecified atom stereocenters. The van der Waals surface area contributed by atoms with Gasteiger partial charge in [0.2, 0.25) is 104 Å². The molecule has 0 amide bonds. The number of nitrogens with two attached hydrogens (primary N) is 2. The first-order chi connectivity index (χ1) is 61.8. The maximum absolute atomic E-state index is 15.1. The van der Waals surface area contributed by atoms with Crippen molar-refractivity contribution < 1.29 is 99.5 Å². The van der Waals surface area contributed by atoms with Crippen molar-refractivity contribution in [3.63, 3.8) is 0 Å². The van der Waals surface area contributed by atoms with Crippen LogP contribution in [0.1, 0.15) is 16.7 Å². The van der Waals surface area contributed by atoms with Gasteiger partial charge in [0.05, 0.1) is 156 Å². The summed E-state index contributed by atoms with van der Waals surface area (Å²) in [6, 6.07) is 22.3. The van der Waals surface area contributed by atoms with Gasteiger partial charge < -0.3 is 64.6 Å². The number of allylic oxidation sites excluding steroid dienone is 18. The van der Waals surface area contributed by atoms with Crippen molar-refractivity contribution >= 4 is 254 Å². The zero-order valence-corrected chi connectivity index (χ0v) is 74.7. The Morgan fingerprint density at radius 3 is 0.824 bits per heavy atom. The number of aryl methyl sites for hydroxylation is 1. The molecule has 6 aromatic rings. The van der Waals surface area contributed by atoms with Crippen LogP contribution in [0.5, 0.6) is 0 Å². The number of nitrogens with one attached hydrogen (secondary N) is 10. The Morgan fingerprint density at radius 1 is 0.298 bits per heavy atom. The number of alkyl halides is 3. The second-order valence-corrected chi connectivity index (χ2v) is 32.5. The molecule has 6 saturated carbocycles. The van der Waals surface area contributed by atoms with Crippen LogP contribution in [-0.2, 0) is 92.5 Å². The number of ketones is 18. The second-order valence-electron chi connectivity index (χ2n) is 28.3. The van der Waals surface area contributed by atoms with Gasteiger partial charge in [0.15, 0.2) is 0 Å². The van der Waals surface area contributed by atoms with E-state index < -0.39 is 233 Å². The minimum atomic E-state index is -5.28. The van der Waals surface area contributed by atoms with Crippen LogP contribution in [0.15, 0.2) is 329 Å². The normalized spacial score (nSPS) is 20.1. The van der Waals surface area contributed by atoms with E-state index in [9.17, 15) is 86.3 Å². The molecule has 0 radical (unpaired) electrons. The first kappa shape index (κ1) is 94.7. The fourth-order valence-corrected chi connectivity index (χ4v) is 15.0. The highest BCUT2D eigenvalue weighted by atomic mass is 79.9. The van der Waals surface area contributed by atoms with Crippen LogP contribution in [0.25, 0.3) is 5.70 Å². The van der Waals surface area contributed by atoms with Crippen LogP contribution in [0, 0.1) is 6.92 Å². The molecule has 0 atom stereocenters. The molecule has 0 saturated heterocycles. The van der Waals surface area contributed by atoms with Gasteiger partial charge in [-0.2, -0.15) is 13.2 Å². The summed E-state index contributed by atoms with van der Waals surface area (Å²) in [5.74, 6) is -19.2. The van der Waals surface area contributed by atoms with E-state index >= 15 is 13.2 Å². The smallest absolute Gasteiger partial charge is 0.404 e. The third-order valence-electron chi connectivity index (χ3n) is 20.1. The topological polar surface area (TPSA) is 480 Å². The summed E-state index contributed by atoms with van der Waals surface area (Å²) >= 11 is 26.8. The number of rotatable bonds is 21. The Morgan fingerprint density at radius 2 is 0.534 bits per heavy atom. The molecule has 6 aliphatic carbocycles. The Labute approximate surface area is 780 Å². The molecular formula is C92H57Br4Cl2F3N12O18. The minimum absolute atomic E-state index is 0.0230. The van der Waals surface area contributed by atoms with Crippen LogP contribution in [0.2, 0.25) is 10.0 Å². The predicted octanol–water partition coefficient (Wildman–Crippen LogP) is 14.0.